The highest BCUT2D eigenvalue weighted by atomic mass is 19.1. The van der Waals surface area contributed by atoms with Gasteiger partial charge in [-0.05, 0) is 64.0 Å². The fraction of sp³-hybridized carbons (Fsp3) is 0.368. The molecule has 0 aliphatic rings. The van der Waals surface area contributed by atoms with E-state index in [9.17, 15) is 4.39 Å². The number of hydrogen-bond acceptors (Lipinski definition) is 1. The second-order valence-electron chi connectivity index (χ2n) is 5.52. The standard InChI is InChI=1S/C19H27FN2/c1-7-18-12-17(11-13(3)16(6)21)19(8-2)22(18)15(5)10-9-14(4)20/h8-12,16H,3,7,21H2,1-2,4-6H3/b14-9+,15-10+,17-11-,19-8+/t16-/m1/s1. The van der Waals surface area contributed by atoms with Gasteiger partial charge in [0.15, 0.2) is 0 Å². The van der Waals surface area contributed by atoms with Crippen LogP contribution in [0.15, 0.2) is 36.2 Å². The third-order valence-corrected chi connectivity index (χ3v) is 3.61. The van der Waals surface area contributed by atoms with Crippen molar-refractivity contribution in [2.24, 2.45) is 5.73 Å². The van der Waals surface area contributed by atoms with Crippen LogP contribution < -0.4 is 16.3 Å². The summed E-state index contributed by atoms with van der Waals surface area (Å²) in [6.45, 7) is 13.5. The number of aromatic nitrogens is 1. The van der Waals surface area contributed by atoms with Crippen LogP contribution in [0.5, 0.6) is 0 Å². The van der Waals surface area contributed by atoms with Gasteiger partial charge in [-0.3, -0.25) is 0 Å². The van der Waals surface area contributed by atoms with Gasteiger partial charge in [0, 0.05) is 28.0 Å². The Labute approximate surface area is 132 Å². The third kappa shape index (κ3) is 4.31. The fourth-order valence-electron chi connectivity index (χ4n) is 2.33. The Morgan fingerprint density at radius 3 is 2.50 bits per heavy atom. The summed E-state index contributed by atoms with van der Waals surface area (Å²) in [5, 5.41) is 2.17. The first-order valence-corrected chi connectivity index (χ1v) is 7.65. The lowest BCUT2D eigenvalue weighted by Crippen LogP contribution is -2.29. The van der Waals surface area contributed by atoms with E-state index in [1.807, 2.05) is 26.8 Å². The van der Waals surface area contributed by atoms with E-state index in [-0.39, 0.29) is 11.9 Å². The lowest BCUT2D eigenvalue weighted by atomic mass is 10.1. The van der Waals surface area contributed by atoms with Crippen molar-refractivity contribution in [1.29, 1.82) is 0 Å². The fourth-order valence-corrected chi connectivity index (χ4v) is 2.33. The molecule has 0 aliphatic heterocycles. The number of hydrogen-bond donors (Lipinski definition) is 1. The number of halogens is 1. The second kappa shape index (κ2) is 7.95. The highest BCUT2D eigenvalue weighted by Crippen LogP contribution is 2.08. The van der Waals surface area contributed by atoms with Crippen molar-refractivity contribution in [3.63, 3.8) is 0 Å². The molecule has 2 nitrogen and oxygen atoms in total. The molecule has 0 bridgehead atoms. The lowest BCUT2D eigenvalue weighted by Gasteiger charge is -2.08. The van der Waals surface area contributed by atoms with Crippen LogP contribution >= 0.6 is 0 Å². The van der Waals surface area contributed by atoms with Gasteiger partial charge in [-0.1, -0.05) is 19.6 Å². The van der Waals surface area contributed by atoms with Crippen LogP contribution in [0.3, 0.4) is 0 Å². The van der Waals surface area contributed by atoms with Crippen LogP contribution in [0.2, 0.25) is 0 Å². The van der Waals surface area contributed by atoms with E-state index in [1.165, 1.54) is 18.7 Å². The second-order valence-corrected chi connectivity index (χ2v) is 5.52. The van der Waals surface area contributed by atoms with Gasteiger partial charge in [0.2, 0.25) is 0 Å². The minimum atomic E-state index is -0.205. The molecule has 0 unspecified atom stereocenters. The van der Waals surface area contributed by atoms with Crippen molar-refractivity contribution in [3.8, 4) is 0 Å². The van der Waals surface area contributed by atoms with Crippen LogP contribution in [-0.4, -0.2) is 10.6 Å². The predicted molar refractivity (Wildman–Crippen MR) is 95.3 cm³/mol. The van der Waals surface area contributed by atoms with Crippen LogP contribution in [-0.2, 0) is 6.42 Å². The van der Waals surface area contributed by atoms with Gasteiger partial charge >= 0.3 is 0 Å². The van der Waals surface area contributed by atoms with Crippen LogP contribution in [0, 0.1) is 0 Å². The zero-order chi connectivity index (χ0) is 16.9. The van der Waals surface area contributed by atoms with Gasteiger partial charge in [-0.25, -0.2) is 4.39 Å². The number of nitrogens with two attached hydrogens (primary N) is 1. The molecule has 0 aromatic carbocycles. The molecule has 120 valence electrons. The molecule has 1 aromatic rings. The summed E-state index contributed by atoms with van der Waals surface area (Å²) >= 11 is 0. The number of nitrogens with zero attached hydrogens (tertiary/aromatic N) is 1. The molecule has 0 saturated heterocycles. The molecule has 1 rings (SSSR count). The molecule has 1 atom stereocenters. The van der Waals surface area contributed by atoms with E-state index < -0.39 is 0 Å². The van der Waals surface area contributed by atoms with Crippen molar-refractivity contribution in [2.75, 3.05) is 0 Å². The zero-order valence-electron chi connectivity index (χ0n) is 14.3. The summed E-state index contributed by atoms with van der Waals surface area (Å²) < 4.78 is 15.1. The van der Waals surface area contributed by atoms with Gasteiger partial charge in [-0.15, -0.1) is 0 Å². The van der Waals surface area contributed by atoms with Gasteiger partial charge in [0.05, 0.1) is 5.83 Å². The smallest absolute Gasteiger partial charge is 0.0969 e. The van der Waals surface area contributed by atoms with Gasteiger partial charge in [0.1, 0.15) is 0 Å². The van der Waals surface area contributed by atoms with Crippen LogP contribution in [0.1, 0.15) is 40.3 Å². The van der Waals surface area contributed by atoms with Crippen LogP contribution in [0.25, 0.3) is 17.8 Å². The first-order chi connectivity index (χ1) is 10.3. The maximum atomic E-state index is 13.0. The predicted octanol–water partition coefficient (Wildman–Crippen LogP) is 3.27. The Balaban J connectivity index is 3.61. The van der Waals surface area contributed by atoms with E-state index in [2.05, 4.69) is 30.2 Å². The molecule has 0 fully saturated rings. The minimum absolute atomic E-state index is 0.0770. The molecule has 0 spiro atoms. The third-order valence-electron chi connectivity index (χ3n) is 3.61. The van der Waals surface area contributed by atoms with Crippen molar-refractivity contribution in [1.82, 2.24) is 4.57 Å². The maximum Gasteiger partial charge on any atom is 0.0969 e. The summed E-state index contributed by atoms with van der Waals surface area (Å²) in [6.07, 6.45) is 8.26. The maximum absolute atomic E-state index is 13.0. The topological polar surface area (TPSA) is 30.9 Å². The molecule has 2 N–H and O–H groups in total. The Hall–Kier alpha value is -1.87. The molecule has 1 aromatic heterocycles. The molecule has 0 amide bonds. The Bertz CT molecular complexity index is 711. The lowest BCUT2D eigenvalue weighted by molar-refractivity contribution is 0.640. The SMILES string of the molecule is C=C(/C=c1/cc(CC)n(/C(C)=C/C=C(\C)F)/c1=C/C)[C@@H](C)N. The molecule has 1 heterocycles. The average molecular weight is 302 g/mol. The summed E-state index contributed by atoms with van der Waals surface area (Å²) in [6, 6.07) is 2.07. The first-order valence-electron chi connectivity index (χ1n) is 7.65. The van der Waals surface area contributed by atoms with E-state index in [0.29, 0.717) is 0 Å². The van der Waals surface area contributed by atoms with Crippen molar-refractivity contribution < 1.29 is 4.39 Å². The minimum Gasteiger partial charge on any atom is -0.324 e. The quantitative estimate of drug-likeness (QED) is 0.832. The summed E-state index contributed by atoms with van der Waals surface area (Å²) in [5.41, 5.74) is 8.93. The molecule has 3 heteroatoms. The Morgan fingerprint density at radius 1 is 1.41 bits per heavy atom. The summed E-state index contributed by atoms with van der Waals surface area (Å²) in [4.78, 5) is 0. The number of aryl methyl sites for hydroxylation is 1. The van der Waals surface area contributed by atoms with E-state index in [0.717, 1.165) is 28.3 Å². The Kier molecular flexibility index (Phi) is 6.57. The highest BCUT2D eigenvalue weighted by molar-refractivity contribution is 5.53. The monoisotopic (exact) mass is 302 g/mol. The van der Waals surface area contributed by atoms with Gasteiger partial charge in [-0.2, -0.15) is 0 Å². The molecule has 0 saturated carbocycles. The number of rotatable bonds is 5. The molecular weight excluding hydrogens is 275 g/mol. The summed E-state index contributed by atoms with van der Waals surface area (Å²) in [7, 11) is 0. The van der Waals surface area contributed by atoms with Crippen LogP contribution in [0.4, 0.5) is 4.39 Å². The molecule has 0 aliphatic carbocycles. The average Bonchev–Trinajstić information content (AvgIpc) is 2.81. The normalized spacial score (nSPS) is 16.3. The van der Waals surface area contributed by atoms with Crippen molar-refractivity contribution >= 4 is 17.8 Å². The first kappa shape index (κ1) is 18.2. The highest BCUT2D eigenvalue weighted by Gasteiger charge is 2.06. The van der Waals surface area contributed by atoms with Gasteiger partial charge in [0.25, 0.3) is 0 Å². The van der Waals surface area contributed by atoms with E-state index in [1.54, 1.807) is 6.08 Å². The molecule has 22 heavy (non-hydrogen) atoms. The largest absolute Gasteiger partial charge is 0.324 e. The van der Waals surface area contributed by atoms with Crippen molar-refractivity contribution in [2.45, 2.75) is 47.1 Å². The van der Waals surface area contributed by atoms with E-state index in [4.69, 9.17) is 5.73 Å². The number of allylic oxidation sites excluding steroid dienone is 4. The Morgan fingerprint density at radius 2 is 2.05 bits per heavy atom. The van der Waals surface area contributed by atoms with E-state index >= 15 is 0 Å². The molecule has 0 radical (unpaired) electrons. The van der Waals surface area contributed by atoms with Gasteiger partial charge < -0.3 is 10.3 Å². The zero-order valence-corrected chi connectivity index (χ0v) is 14.3. The molecular formula is C19H27FN2. The summed E-state index contributed by atoms with van der Waals surface area (Å²) in [5.74, 6) is -0.205. The van der Waals surface area contributed by atoms with Crippen molar-refractivity contribution in [3.05, 3.63) is 52.5 Å².